The van der Waals surface area contributed by atoms with Crippen LogP contribution in [0.1, 0.15) is 33.3 Å². The molecule has 7 heteroatoms. The lowest BCUT2D eigenvalue weighted by molar-refractivity contribution is 0.0696. The number of rotatable bonds is 5. The van der Waals surface area contributed by atoms with Crippen LogP contribution in [0.15, 0.2) is 30.3 Å². The summed E-state index contributed by atoms with van der Waals surface area (Å²) in [6.07, 6.45) is 0.0412. The summed E-state index contributed by atoms with van der Waals surface area (Å²) in [4.78, 5) is 27.0. The SMILES string of the molecule is CCN1CCc2c(sc(NC(=O)OCc3ccccc3)c2C(=O)O)C1. The van der Waals surface area contributed by atoms with Gasteiger partial charge in [-0.25, -0.2) is 9.59 Å². The number of nitrogens with zero attached hydrogens (tertiary/aromatic N) is 1. The van der Waals surface area contributed by atoms with E-state index in [1.807, 2.05) is 30.3 Å². The number of thiophene rings is 1. The summed E-state index contributed by atoms with van der Waals surface area (Å²) >= 11 is 1.32. The number of carbonyl (C=O) groups is 2. The second-order valence-corrected chi connectivity index (χ2v) is 6.92. The largest absolute Gasteiger partial charge is 0.478 e. The van der Waals surface area contributed by atoms with Crippen LogP contribution >= 0.6 is 11.3 Å². The molecule has 2 N–H and O–H groups in total. The number of fused-ring (bicyclic) bond motifs is 1. The minimum Gasteiger partial charge on any atom is -0.478 e. The Morgan fingerprint density at radius 3 is 2.76 bits per heavy atom. The van der Waals surface area contributed by atoms with Crippen molar-refractivity contribution >= 4 is 28.4 Å². The van der Waals surface area contributed by atoms with Crippen LogP contribution in [0.2, 0.25) is 0 Å². The van der Waals surface area contributed by atoms with Gasteiger partial charge in [0, 0.05) is 18.0 Å². The van der Waals surface area contributed by atoms with Gasteiger partial charge >= 0.3 is 12.1 Å². The van der Waals surface area contributed by atoms with Gasteiger partial charge < -0.3 is 9.84 Å². The normalized spacial score (nSPS) is 14.0. The van der Waals surface area contributed by atoms with E-state index < -0.39 is 12.1 Å². The van der Waals surface area contributed by atoms with E-state index in [0.717, 1.165) is 35.6 Å². The number of amides is 1. The molecule has 1 aromatic carbocycles. The van der Waals surface area contributed by atoms with Crippen molar-refractivity contribution in [2.45, 2.75) is 26.5 Å². The van der Waals surface area contributed by atoms with Gasteiger partial charge in [0.25, 0.3) is 0 Å². The van der Waals surface area contributed by atoms with Crippen LogP contribution in [-0.4, -0.2) is 35.2 Å². The Kier molecular flexibility index (Phi) is 5.35. The number of aromatic carboxylic acids is 1. The number of carboxylic acid groups (broad SMARTS) is 1. The van der Waals surface area contributed by atoms with Gasteiger partial charge in [-0.3, -0.25) is 10.2 Å². The van der Waals surface area contributed by atoms with Gasteiger partial charge in [-0.2, -0.15) is 0 Å². The first-order chi connectivity index (χ1) is 12.1. The molecule has 0 bridgehead atoms. The van der Waals surface area contributed by atoms with Crippen molar-refractivity contribution in [3.63, 3.8) is 0 Å². The number of likely N-dealkylation sites (N-methyl/N-ethyl adjacent to an activating group) is 1. The predicted octanol–water partition coefficient (Wildman–Crippen LogP) is 3.57. The number of benzene rings is 1. The topological polar surface area (TPSA) is 78.9 Å². The second-order valence-electron chi connectivity index (χ2n) is 5.82. The third kappa shape index (κ3) is 4.00. The summed E-state index contributed by atoms with van der Waals surface area (Å²) in [5, 5.41) is 12.5. The molecular weight excluding hydrogens is 340 g/mol. The summed E-state index contributed by atoms with van der Waals surface area (Å²) in [6.45, 7) is 4.69. The van der Waals surface area contributed by atoms with E-state index in [9.17, 15) is 14.7 Å². The first kappa shape index (κ1) is 17.4. The lowest BCUT2D eigenvalue weighted by Crippen LogP contribution is -2.29. The van der Waals surface area contributed by atoms with Crippen molar-refractivity contribution < 1.29 is 19.4 Å². The van der Waals surface area contributed by atoms with E-state index in [1.54, 1.807) is 0 Å². The van der Waals surface area contributed by atoms with Crippen molar-refractivity contribution in [3.05, 3.63) is 51.9 Å². The van der Waals surface area contributed by atoms with Crippen LogP contribution in [-0.2, 0) is 24.3 Å². The number of nitrogens with one attached hydrogen (secondary N) is 1. The van der Waals surface area contributed by atoms with Crippen molar-refractivity contribution in [1.82, 2.24) is 4.90 Å². The highest BCUT2D eigenvalue weighted by molar-refractivity contribution is 7.17. The Balaban J connectivity index is 1.72. The number of hydrogen-bond donors (Lipinski definition) is 2. The number of carboxylic acids is 1. The molecule has 1 aliphatic rings. The molecule has 2 aromatic rings. The van der Waals surface area contributed by atoms with Gasteiger partial charge in [-0.1, -0.05) is 37.3 Å². The highest BCUT2D eigenvalue weighted by Gasteiger charge is 2.28. The van der Waals surface area contributed by atoms with Crippen molar-refractivity contribution in [2.75, 3.05) is 18.4 Å². The van der Waals surface area contributed by atoms with E-state index in [0.29, 0.717) is 11.4 Å². The van der Waals surface area contributed by atoms with E-state index in [2.05, 4.69) is 17.1 Å². The smallest absolute Gasteiger partial charge is 0.412 e. The van der Waals surface area contributed by atoms with E-state index in [4.69, 9.17) is 4.74 Å². The molecule has 25 heavy (non-hydrogen) atoms. The molecule has 0 saturated heterocycles. The summed E-state index contributed by atoms with van der Waals surface area (Å²) in [6, 6.07) is 9.34. The van der Waals surface area contributed by atoms with Gasteiger partial charge in [0.15, 0.2) is 0 Å². The van der Waals surface area contributed by atoms with Crippen molar-refractivity contribution in [3.8, 4) is 0 Å². The molecule has 0 saturated carbocycles. The van der Waals surface area contributed by atoms with Gasteiger partial charge in [0.2, 0.25) is 0 Å². The molecule has 6 nitrogen and oxygen atoms in total. The Morgan fingerprint density at radius 2 is 2.08 bits per heavy atom. The zero-order valence-corrected chi connectivity index (χ0v) is 14.8. The second kappa shape index (κ2) is 7.67. The fourth-order valence-electron chi connectivity index (χ4n) is 2.89. The van der Waals surface area contributed by atoms with Crippen molar-refractivity contribution in [1.29, 1.82) is 0 Å². The van der Waals surface area contributed by atoms with Crippen molar-refractivity contribution in [2.24, 2.45) is 0 Å². The molecule has 0 fully saturated rings. The van der Waals surface area contributed by atoms with E-state index >= 15 is 0 Å². The molecule has 0 spiro atoms. The predicted molar refractivity (Wildman–Crippen MR) is 96.2 cm³/mol. The molecule has 3 rings (SSSR count). The van der Waals surface area contributed by atoms with Crippen LogP contribution in [0.3, 0.4) is 0 Å². The summed E-state index contributed by atoms with van der Waals surface area (Å²) < 4.78 is 5.19. The van der Waals surface area contributed by atoms with Crippen LogP contribution in [0, 0.1) is 0 Å². The minimum absolute atomic E-state index is 0.143. The van der Waals surface area contributed by atoms with E-state index in [1.165, 1.54) is 11.3 Å². The maximum atomic E-state index is 12.1. The lowest BCUT2D eigenvalue weighted by Gasteiger charge is -2.25. The zero-order chi connectivity index (χ0) is 17.8. The molecule has 0 atom stereocenters. The Bertz CT molecular complexity index is 773. The summed E-state index contributed by atoms with van der Waals surface area (Å²) in [5.41, 5.74) is 1.91. The van der Waals surface area contributed by atoms with Crippen LogP contribution < -0.4 is 5.32 Å². The monoisotopic (exact) mass is 360 g/mol. The van der Waals surface area contributed by atoms with Gasteiger partial charge in [0.1, 0.15) is 11.6 Å². The summed E-state index contributed by atoms with van der Waals surface area (Å²) in [7, 11) is 0. The molecular formula is C18H20N2O4S. The molecule has 0 aliphatic carbocycles. The number of anilines is 1. The maximum absolute atomic E-state index is 12.1. The minimum atomic E-state index is -1.01. The molecule has 0 radical (unpaired) electrons. The third-order valence-electron chi connectivity index (χ3n) is 4.23. The van der Waals surface area contributed by atoms with Crippen LogP contribution in [0.25, 0.3) is 0 Å². The highest BCUT2D eigenvalue weighted by Crippen LogP contribution is 2.37. The standard InChI is InChI=1S/C18H20N2O4S/c1-2-20-9-8-13-14(10-20)25-16(15(13)17(21)22)19-18(23)24-11-12-6-4-3-5-7-12/h3-7H,2,8-11H2,1H3,(H,19,23)(H,21,22). The number of carbonyl (C=O) groups excluding carboxylic acids is 1. The molecule has 1 aliphatic heterocycles. The van der Waals surface area contributed by atoms with Gasteiger partial charge in [-0.05, 0) is 24.1 Å². The summed E-state index contributed by atoms with van der Waals surface area (Å²) in [5.74, 6) is -1.01. The molecule has 0 unspecified atom stereocenters. The molecule has 1 aromatic heterocycles. The van der Waals surface area contributed by atoms with Gasteiger partial charge in [0.05, 0.1) is 5.56 Å². The third-order valence-corrected chi connectivity index (χ3v) is 5.36. The zero-order valence-electron chi connectivity index (χ0n) is 13.9. The first-order valence-corrected chi connectivity index (χ1v) is 8.98. The van der Waals surface area contributed by atoms with E-state index in [-0.39, 0.29) is 12.2 Å². The highest BCUT2D eigenvalue weighted by atomic mass is 32.1. The first-order valence-electron chi connectivity index (χ1n) is 8.16. The average Bonchev–Trinajstić information content (AvgIpc) is 2.97. The molecule has 2 heterocycles. The Morgan fingerprint density at radius 1 is 1.32 bits per heavy atom. The molecule has 1 amide bonds. The maximum Gasteiger partial charge on any atom is 0.412 e. The fourth-order valence-corrected chi connectivity index (χ4v) is 4.16. The Hall–Kier alpha value is -2.38. The number of hydrogen-bond acceptors (Lipinski definition) is 5. The molecule has 132 valence electrons. The fraction of sp³-hybridized carbons (Fsp3) is 0.333. The van der Waals surface area contributed by atoms with Crippen LogP contribution in [0.4, 0.5) is 9.80 Å². The number of ether oxygens (including phenoxy) is 1. The average molecular weight is 360 g/mol. The van der Waals surface area contributed by atoms with Crippen LogP contribution in [0.5, 0.6) is 0 Å². The Labute approximate surface area is 150 Å². The van der Waals surface area contributed by atoms with Gasteiger partial charge in [-0.15, -0.1) is 11.3 Å². The lowest BCUT2D eigenvalue weighted by atomic mass is 10.0. The quantitative estimate of drug-likeness (QED) is 0.852.